The lowest BCUT2D eigenvalue weighted by atomic mass is 10.3. The highest BCUT2D eigenvalue weighted by atomic mass is 79.9. The first-order chi connectivity index (χ1) is 15.2. The van der Waals surface area contributed by atoms with E-state index in [4.69, 9.17) is 27.9 Å². The summed E-state index contributed by atoms with van der Waals surface area (Å²) in [4.78, 5) is 12.9. The zero-order valence-corrected chi connectivity index (χ0v) is 20.8. The first-order valence-corrected chi connectivity index (χ1v) is 12.5. The summed E-state index contributed by atoms with van der Waals surface area (Å²) in [5, 5.41) is 3.49. The number of halogens is 3. The molecule has 0 aliphatic heterocycles. The topological polar surface area (TPSA) is 75.7 Å². The lowest BCUT2D eigenvalue weighted by molar-refractivity contribution is -0.114. The molecule has 0 fully saturated rings. The van der Waals surface area contributed by atoms with E-state index < -0.39 is 22.5 Å². The average Bonchev–Trinajstić information content (AvgIpc) is 2.76. The zero-order chi connectivity index (χ0) is 23.3. The summed E-state index contributed by atoms with van der Waals surface area (Å²) in [5.74, 6) is -0.209. The molecule has 1 N–H and O–H groups in total. The zero-order valence-electron chi connectivity index (χ0n) is 16.9. The molecule has 3 aromatic carbocycles. The molecule has 0 heterocycles. The van der Waals surface area contributed by atoms with Gasteiger partial charge in [-0.2, -0.15) is 0 Å². The molecule has 0 aliphatic rings. The van der Waals surface area contributed by atoms with Crippen LogP contribution in [-0.2, 0) is 14.8 Å². The molecule has 0 aliphatic carbocycles. The molecule has 1 amide bonds. The number of amides is 1. The number of para-hydroxylation sites is 2. The van der Waals surface area contributed by atoms with Crippen LogP contribution in [0.2, 0.25) is 10.0 Å². The first-order valence-electron chi connectivity index (χ1n) is 9.47. The predicted octanol–water partition coefficient (Wildman–Crippen LogP) is 5.99. The fourth-order valence-corrected chi connectivity index (χ4v) is 4.86. The minimum atomic E-state index is -4.11. The van der Waals surface area contributed by atoms with E-state index >= 15 is 0 Å². The number of ether oxygens (including phenoxy) is 1. The number of nitrogens with zero attached hydrogens (tertiary/aromatic N) is 1. The van der Waals surface area contributed by atoms with Crippen molar-refractivity contribution in [2.24, 2.45) is 0 Å². The second-order valence-electron chi connectivity index (χ2n) is 6.54. The molecule has 0 saturated carbocycles. The molecule has 0 spiro atoms. The van der Waals surface area contributed by atoms with E-state index in [-0.39, 0.29) is 10.6 Å². The molecule has 0 radical (unpaired) electrons. The van der Waals surface area contributed by atoms with Crippen molar-refractivity contribution >= 4 is 66.4 Å². The SMILES string of the molecule is CCOc1ccccc1N(CC(=O)Nc1ccc(Br)c(Cl)c1)S(=O)(=O)c1ccc(Cl)cc1. The van der Waals surface area contributed by atoms with Gasteiger partial charge in [-0.3, -0.25) is 9.10 Å². The third-order valence-electron chi connectivity index (χ3n) is 4.33. The van der Waals surface area contributed by atoms with Gasteiger partial charge in [0.2, 0.25) is 5.91 Å². The highest BCUT2D eigenvalue weighted by molar-refractivity contribution is 9.10. The fraction of sp³-hybridized carbons (Fsp3) is 0.136. The average molecular weight is 558 g/mol. The van der Waals surface area contributed by atoms with Gasteiger partial charge in [0.25, 0.3) is 10.0 Å². The maximum atomic E-state index is 13.5. The Balaban J connectivity index is 1.99. The molecule has 3 rings (SSSR count). The lowest BCUT2D eigenvalue weighted by Crippen LogP contribution is -2.38. The minimum absolute atomic E-state index is 0.00677. The Bertz CT molecular complexity index is 1220. The highest BCUT2D eigenvalue weighted by Crippen LogP contribution is 2.33. The number of anilines is 2. The van der Waals surface area contributed by atoms with E-state index in [2.05, 4.69) is 21.2 Å². The summed E-state index contributed by atoms with van der Waals surface area (Å²) < 4.78 is 34.3. The normalized spacial score (nSPS) is 11.1. The maximum absolute atomic E-state index is 13.5. The quantitative estimate of drug-likeness (QED) is 0.369. The van der Waals surface area contributed by atoms with Crippen LogP contribution in [0.15, 0.2) is 76.1 Å². The second-order valence-corrected chi connectivity index (χ2v) is 10.1. The molecular formula is C22H19BrCl2N2O4S. The smallest absolute Gasteiger partial charge is 0.264 e. The van der Waals surface area contributed by atoms with Gasteiger partial charge < -0.3 is 10.1 Å². The maximum Gasteiger partial charge on any atom is 0.264 e. The predicted molar refractivity (Wildman–Crippen MR) is 131 cm³/mol. The highest BCUT2D eigenvalue weighted by Gasteiger charge is 2.29. The van der Waals surface area contributed by atoms with Crippen molar-refractivity contribution in [2.75, 3.05) is 22.8 Å². The molecule has 0 atom stereocenters. The summed E-state index contributed by atoms with van der Waals surface area (Å²) in [5.41, 5.74) is 0.679. The third-order valence-corrected chi connectivity index (χ3v) is 7.58. The Morgan fingerprint density at radius 1 is 1.06 bits per heavy atom. The van der Waals surface area contributed by atoms with Crippen molar-refractivity contribution < 1.29 is 17.9 Å². The van der Waals surface area contributed by atoms with Gasteiger partial charge in [0.15, 0.2) is 0 Å². The van der Waals surface area contributed by atoms with Crippen LogP contribution in [0.3, 0.4) is 0 Å². The Hall–Kier alpha value is -2.26. The molecule has 0 saturated heterocycles. The van der Waals surface area contributed by atoms with Crippen LogP contribution in [0.25, 0.3) is 0 Å². The van der Waals surface area contributed by atoms with E-state index in [1.165, 1.54) is 24.3 Å². The number of nitrogens with one attached hydrogen (secondary N) is 1. The third kappa shape index (κ3) is 5.75. The van der Waals surface area contributed by atoms with E-state index in [9.17, 15) is 13.2 Å². The molecule has 32 heavy (non-hydrogen) atoms. The number of rotatable bonds is 8. The largest absolute Gasteiger partial charge is 0.492 e. The molecule has 10 heteroatoms. The van der Waals surface area contributed by atoms with E-state index in [1.807, 2.05) is 0 Å². The van der Waals surface area contributed by atoms with Gasteiger partial charge in [0.05, 0.1) is 22.2 Å². The van der Waals surface area contributed by atoms with Gasteiger partial charge in [-0.05, 0) is 77.5 Å². The van der Waals surface area contributed by atoms with Gasteiger partial charge >= 0.3 is 0 Å². The van der Waals surface area contributed by atoms with Gasteiger partial charge in [-0.15, -0.1) is 0 Å². The molecule has 0 bridgehead atoms. The van der Waals surface area contributed by atoms with Crippen LogP contribution in [0, 0.1) is 0 Å². The summed E-state index contributed by atoms with van der Waals surface area (Å²) in [6.45, 7) is 1.64. The number of carbonyl (C=O) groups is 1. The first kappa shape index (κ1) is 24.4. The van der Waals surface area contributed by atoms with Crippen molar-refractivity contribution in [3.05, 3.63) is 81.2 Å². The van der Waals surface area contributed by atoms with Crippen molar-refractivity contribution in [3.8, 4) is 5.75 Å². The summed E-state index contributed by atoms with van der Waals surface area (Å²) in [7, 11) is -4.11. The van der Waals surface area contributed by atoms with Gasteiger partial charge in [-0.1, -0.05) is 35.3 Å². The number of carbonyl (C=O) groups excluding carboxylic acids is 1. The van der Waals surface area contributed by atoms with Gasteiger partial charge in [0, 0.05) is 15.2 Å². The minimum Gasteiger partial charge on any atom is -0.492 e. The van der Waals surface area contributed by atoms with Gasteiger partial charge in [0.1, 0.15) is 12.3 Å². The van der Waals surface area contributed by atoms with Crippen LogP contribution >= 0.6 is 39.1 Å². The standard InChI is InChI=1S/C22H19BrCl2N2O4S/c1-2-31-21-6-4-3-5-20(21)27(32(29,30)17-10-7-15(24)8-11-17)14-22(28)26-16-9-12-18(23)19(25)13-16/h3-13H,2,14H2,1H3,(H,26,28). The van der Waals surface area contributed by atoms with Crippen molar-refractivity contribution in [1.82, 2.24) is 0 Å². The molecule has 0 unspecified atom stereocenters. The van der Waals surface area contributed by atoms with Crippen molar-refractivity contribution in [3.63, 3.8) is 0 Å². The number of benzene rings is 3. The van der Waals surface area contributed by atoms with Crippen LogP contribution < -0.4 is 14.4 Å². The van der Waals surface area contributed by atoms with Crippen LogP contribution in [0.5, 0.6) is 5.75 Å². The van der Waals surface area contributed by atoms with Gasteiger partial charge in [-0.25, -0.2) is 8.42 Å². The van der Waals surface area contributed by atoms with Crippen molar-refractivity contribution in [1.29, 1.82) is 0 Å². The lowest BCUT2D eigenvalue weighted by Gasteiger charge is -2.26. The summed E-state index contributed by atoms with van der Waals surface area (Å²) >= 11 is 15.3. The Kier molecular flexibility index (Phi) is 8.05. The number of hydrogen-bond acceptors (Lipinski definition) is 4. The number of sulfonamides is 1. The fourth-order valence-electron chi connectivity index (χ4n) is 2.88. The Morgan fingerprint density at radius 3 is 2.41 bits per heavy atom. The van der Waals surface area contributed by atoms with E-state index in [0.29, 0.717) is 32.6 Å². The Morgan fingerprint density at radius 2 is 1.75 bits per heavy atom. The monoisotopic (exact) mass is 556 g/mol. The summed E-state index contributed by atoms with van der Waals surface area (Å²) in [6.07, 6.45) is 0. The van der Waals surface area contributed by atoms with Crippen molar-refractivity contribution in [2.45, 2.75) is 11.8 Å². The van der Waals surface area contributed by atoms with E-state index in [1.54, 1.807) is 49.4 Å². The van der Waals surface area contributed by atoms with Crippen LogP contribution in [0.1, 0.15) is 6.92 Å². The Labute approximate surface area is 205 Å². The number of hydrogen-bond donors (Lipinski definition) is 1. The van der Waals surface area contributed by atoms with E-state index in [0.717, 1.165) is 4.31 Å². The molecular weight excluding hydrogens is 539 g/mol. The molecule has 168 valence electrons. The molecule has 3 aromatic rings. The summed E-state index contributed by atoms with van der Waals surface area (Å²) in [6, 6.07) is 17.3. The molecule has 0 aromatic heterocycles. The second kappa shape index (κ2) is 10.6. The van der Waals surface area contributed by atoms with Crippen LogP contribution in [-0.4, -0.2) is 27.5 Å². The van der Waals surface area contributed by atoms with Crippen LogP contribution in [0.4, 0.5) is 11.4 Å². The molecule has 6 nitrogen and oxygen atoms in total.